The van der Waals surface area contributed by atoms with Crippen molar-refractivity contribution in [1.29, 1.82) is 0 Å². The average molecular weight is 443 g/mol. The van der Waals surface area contributed by atoms with Crippen molar-refractivity contribution in [2.45, 2.75) is 78.6 Å². The van der Waals surface area contributed by atoms with Crippen molar-refractivity contribution in [2.24, 2.45) is 0 Å². The summed E-state index contributed by atoms with van der Waals surface area (Å²) >= 11 is -0.384. The van der Waals surface area contributed by atoms with Gasteiger partial charge in [0.2, 0.25) is 0 Å². The molecular weight excluding hydrogens is 406 g/mol. The summed E-state index contributed by atoms with van der Waals surface area (Å²) in [6.07, 6.45) is 0. The van der Waals surface area contributed by atoms with Crippen LogP contribution in [0.25, 0.3) is 0 Å². The molecule has 0 saturated heterocycles. The molecule has 114 valence electrons. The van der Waals surface area contributed by atoms with E-state index in [0.29, 0.717) is 0 Å². The Morgan fingerprint density at radius 2 is 0.842 bits per heavy atom. The summed E-state index contributed by atoms with van der Waals surface area (Å²) in [6, 6.07) is 0. The fourth-order valence-corrected chi connectivity index (χ4v) is 34.3. The number of hydrogen-bond donors (Lipinski definition) is 0. The zero-order chi connectivity index (χ0) is 15.9. The third kappa shape index (κ3) is 6.83. The van der Waals surface area contributed by atoms with Gasteiger partial charge in [0.15, 0.2) is 0 Å². The number of hydrogen-bond acceptors (Lipinski definition) is 0. The third-order valence-electron chi connectivity index (χ3n) is 2.72. The molecule has 0 amide bonds. The van der Waals surface area contributed by atoms with Crippen LogP contribution in [-0.4, -0.2) is 59.1 Å². The maximum absolute atomic E-state index is 3.09. The van der Waals surface area contributed by atoms with Gasteiger partial charge in [0.25, 0.3) is 0 Å². The minimum absolute atomic E-state index is 0.384. The number of rotatable bonds is 5. The molecule has 7 heteroatoms. The molecule has 0 aromatic carbocycles. The van der Waals surface area contributed by atoms with Crippen molar-refractivity contribution in [3.05, 3.63) is 0 Å². The van der Waals surface area contributed by atoms with Crippen LogP contribution in [0.2, 0.25) is 78.6 Å². The molecule has 0 aromatic rings. The molecule has 0 spiro atoms. The van der Waals surface area contributed by atoms with E-state index in [-0.39, 0.29) is 21.7 Å². The van der Waals surface area contributed by atoms with E-state index < -0.39 is 32.9 Å². The van der Waals surface area contributed by atoms with Crippen LogP contribution in [0.4, 0.5) is 0 Å². The van der Waals surface area contributed by atoms with Crippen LogP contribution < -0.4 is 0 Å². The standard InChI is InChI=1S/2C6H18NSi2.Sb/c2*1-8(2,3)7-9(4,5)6;/h2*1-6H3;/q2*-1;+3. The van der Waals surface area contributed by atoms with Gasteiger partial charge in [0.05, 0.1) is 0 Å². The van der Waals surface area contributed by atoms with Crippen LogP contribution in [0, 0.1) is 0 Å². The second-order valence-electron chi connectivity index (χ2n) is 9.40. The van der Waals surface area contributed by atoms with Crippen LogP contribution in [0.3, 0.4) is 0 Å². The second kappa shape index (κ2) is 6.28. The van der Waals surface area contributed by atoms with Crippen molar-refractivity contribution in [3.8, 4) is 0 Å². The van der Waals surface area contributed by atoms with Crippen molar-refractivity contribution in [2.75, 3.05) is 0 Å². The van der Waals surface area contributed by atoms with E-state index in [1.165, 1.54) is 0 Å². The molecule has 0 bridgehead atoms. The molecule has 19 heavy (non-hydrogen) atoms. The predicted octanol–water partition coefficient (Wildman–Crippen LogP) is 4.44. The molecule has 0 aliphatic rings. The molecule has 0 N–H and O–H groups in total. The first-order valence-corrected chi connectivity index (χ1v) is 23.4. The van der Waals surface area contributed by atoms with Gasteiger partial charge < -0.3 is 0 Å². The van der Waals surface area contributed by atoms with E-state index >= 15 is 0 Å². The van der Waals surface area contributed by atoms with Gasteiger partial charge in [-0.05, 0) is 0 Å². The first-order chi connectivity index (χ1) is 7.97. The van der Waals surface area contributed by atoms with Gasteiger partial charge in [0.1, 0.15) is 0 Å². The minimum atomic E-state index is -1.18. The van der Waals surface area contributed by atoms with Crippen LogP contribution in [0.5, 0.6) is 0 Å². The molecular formula is C12H36N2SbSi4+. The van der Waals surface area contributed by atoms with Gasteiger partial charge in [-0.25, -0.2) is 0 Å². The van der Waals surface area contributed by atoms with Gasteiger partial charge >= 0.3 is 138 Å². The predicted molar refractivity (Wildman–Crippen MR) is 101 cm³/mol. The SMILES string of the molecule is C[Si](C)(C)[N]([Sb]=[N+]([Si](C)(C)C)[Si](C)(C)C)[Si](C)(C)C. The third-order valence-corrected chi connectivity index (χ3v) is 39.8. The Bertz CT molecular complexity index is 313. The van der Waals surface area contributed by atoms with E-state index in [2.05, 4.69) is 83.0 Å². The summed E-state index contributed by atoms with van der Waals surface area (Å²) < 4.78 is 6.18. The molecule has 0 fully saturated rings. The first-order valence-electron chi connectivity index (χ1n) is 7.29. The van der Waals surface area contributed by atoms with Gasteiger partial charge in [-0.1, -0.05) is 0 Å². The fourth-order valence-electron chi connectivity index (χ4n) is 2.64. The Morgan fingerprint density at radius 1 is 0.579 bits per heavy atom. The topological polar surface area (TPSA) is 6.25 Å². The number of nitrogens with zero attached hydrogens (tertiary/aromatic N) is 2. The molecule has 0 rings (SSSR count). The quantitative estimate of drug-likeness (QED) is 0.571. The average Bonchev–Trinajstić information content (AvgIpc) is 1.91. The summed E-state index contributed by atoms with van der Waals surface area (Å²) in [7, 11) is -4.71. The monoisotopic (exact) mass is 441 g/mol. The van der Waals surface area contributed by atoms with E-state index in [4.69, 9.17) is 0 Å². The second-order valence-corrected chi connectivity index (χ2v) is 36.7. The zero-order valence-corrected chi connectivity index (χ0v) is 21.9. The molecule has 2 nitrogen and oxygen atoms in total. The van der Waals surface area contributed by atoms with E-state index in [9.17, 15) is 0 Å². The Kier molecular flexibility index (Phi) is 6.76. The molecule has 0 aromatic heterocycles. The van der Waals surface area contributed by atoms with Gasteiger partial charge in [-0.3, -0.25) is 0 Å². The summed E-state index contributed by atoms with van der Waals surface area (Å²) in [4.78, 5) is 0. The molecule has 0 atom stereocenters. The van der Waals surface area contributed by atoms with Crippen LogP contribution in [-0.2, 0) is 0 Å². The van der Waals surface area contributed by atoms with Crippen molar-refractivity contribution in [1.82, 2.24) is 2.39 Å². The molecule has 0 aliphatic heterocycles. The van der Waals surface area contributed by atoms with E-state index in [0.717, 1.165) is 0 Å². The summed E-state index contributed by atoms with van der Waals surface area (Å²) in [5.41, 5.74) is 0. The van der Waals surface area contributed by atoms with Crippen LogP contribution in [0.1, 0.15) is 0 Å². The Balaban J connectivity index is 5.91. The first kappa shape index (κ1) is 20.4. The van der Waals surface area contributed by atoms with Gasteiger partial charge in [-0.15, -0.1) is 0 Å². The van der Waals surface area contributed by atoms with Crippen molar-refractivity contribution >= 4 is 54.7 Å². The summed E-state index contributed by atoms with van der Waals surface area (Å²) in [6.45, 7) is 30.6. The van der Waals surface area contributed by atoms with Gasteiger partial charge in [0, 0.05) is 0 Å². The van der Waals surface area contributed by atoms with Crippen LogP contribution in [0.15, 0.2) is 0 Å². The summed E-state index contributed by atoms with van der Waals surface area (Å²) in [5, 5.41) is 0. The van der Waals surface area contributed by atoms with Gasteiger partial charge in [-0.2, -0.15) is 0 Å². The van der Waals surface area contributed by atoms with E-state index in [1.807, 2.05) is 0 Å². The van der Waals surface area contributed by atoms with Crippen LogP contribution >= 0.6 is 0 Å². The zero-order valence-electron chi connectivity index (χ0n) is 15.3. The molecule has 0 aliphatic carbocycles. The fraction of sp³-hybridized carbons (Fsp3) is 1.00. The maximum atomic E-state index is 3.09. The van der Waals surface area contributed by atoms with Crippen molar-refractivity contribution in [3.63, 3.8) is 0 Å². The molecule has 0 unspecified atom stereocenters. The molecule has 0 heterocycles. The Hall–Kier alpha value is 1.45. The van der Waals surface area contributed by atoms with E-state index in [1.54, 1.807) is 0 Å². The molecule has 0 saturated carbocycles. The molecule has 0 radical (unpaired) electrons. The van der Waals surface area contributed by atoms with Crippen molar-refractivity contribution < 1.29 is 2.00 Å². The Labute approximate surface area is 137 Å². The summed E-state index contributed by atoms with van der Waals surface area (Å²) in [5.74, 6) is 0. The Morgan fingerprint density at radius 3 is 1.00 bits per heavy atom. The normalized spacial score (nSPS) is 14.8.